The van der Waals surface area contributed by atoms with Crippen LogP contribution in [0.1, 0.15) is 28.9 Å². The lowest BCUT2D eigenvalue weighted by atomic mass is 10.1. The van der Waals surface area contributed by atoms with Gasteiger partial charge in [0.05, 0.1) is 7.11 Å². The Hall–Kier alpha value is -1.45. The highest BCUT2D eigenvalue weighted by Crippen LogP contribution is 2.35. The summed E-state index contributed by atoms with van der Waals surface area (Å²) in [7, 11) is 1.69. The van der Waals surface area contributed by atoms with Crippen molar-refractivity contribution in [3.8, 4) is 5.75 Å². The van der Waals surface area contributed by atoms with Crippen LogP contribution in [0.5, 0.6) is 5.75 Å². The van der Waals surface area contributed by atoms with Gasteiger partial charge in [0.1, 0.15) is 5.75 Å². The topological polar surface area (TPSA) is 35.2 Å². The van der Waals surface area contributed by atoms with E-state index in [-0.39, 0.29) is 11.3 Å². The largest absolute Gasteiger partial charge is 0.497 e. The Morgan fingerprint density at radius 3 is 2.57 bits per heavy atom. The monoisotopic (exact) mass is 301 g/mol. The fraction of sp³-hybridized carbons (Fsp3) is 0.333. The zero-order chi connectivity index (χ0) is 15.2. The van der Waals surface area contributed by atoms with Crippen LogP contribution >= 0.6 is 11.8 Å². The Morgan fingerprint density at radius 2 is 1.90 bits per heavy atom. The Bertz CT molecular complexity index is 583. The number of thioether (sulfide) groups is 1. The van der Waals surface area contributed by atoms with E-state index in [0.717, 1.165) is 11.5 Å². The molecule has 2 aromatic carbocycles. The van der Waals surface area contributed by atoms with Gasteiger partial charge in [-0.05, 0) is 42.7 Å². The van der Waals surface area contributed by atoms with Crippen LogP contribution in [0.15, 0.2) is 48.5 Å². The number of ether oxygens (including phenoxy) is 1. The third kappa shape index (κ3) is 4.26. The van der Waals surface area contributed by atoms with Gasteiger partial charge in [0.15, 0.2) is 0 Å². The van der Waals surface area contributed by atoms with Gasteiger partial charge in [-0.3, -0.25) is 0 Å². The zero-order valence-electron chi connectivity index (χ0n) is 12.9. The summed E-state index contributed by atoms with van der Waals surface area (Å²) in [5.74, 6) is 1.85. The number of methoxy groups -OCH3 is 1. The van der Waals surface area contributed by atoms with Gasteiger partial charge in [0.25, 0.3) is 0 Å². The molecule has 0 aliphatic carbocycles. The van der Waals surface area contributed by atoms with E-state index in [1.807, 2.05) is 23.9 Å². The Labute approximate surface area is 131 Å². The highest BCUT2D eigenvalue weighted by Gasteiger charge is 2.17. The highest BCUT2D eigenvalue weighted by atomic mass is 32.2. The number of aryl methyl sites for hydroxylation is 1. The van der Waals surface area contributed by atoms with Gasteiger partial charge in [-0.25, -0.2) is 0 Å². The molecule has 0 saturated carbocycles. The molecule has 2 aromatic rings. The molecule has 0 saturated heterocycles. The molecule has 0 aliphatic rings. The van der Waals surface area contributed by atoms with E-state index in [1.165, 1.54) is 16.7 Å². The molecule has 2 nitrogen and oxygen atoms in total. The minimum absolute atomic E-state index is 0.0890. The molecule has 0 bridgehead atoms. The number of nitrogens with two attached hydrogens (primary N) is 1. The Balaban J connectivity index is 2.14. The average Bonchev–Trinajstić information content (AvgIpc) is 2.49. The standard InChI is InChI=1S/C18H23NOS/c1-13-7-4-5-8-16(13)12-21-18(14(2)19)15-9-6-10-17(11-15)20-3/h4-11,14,18H,12,19H2,1-3H3. The van der Waals surface area contributed by atoms with Crippen LogP contribution in [0.4, 0.5) is 0 Å². The lowest BCUT2D eigenvalue weighted by molar-refractivity contribution is 0.414. The maximum Gasteiger partial charge on any atom is 0.119 e. The minimum Gasteiger partial charge on any atom is -0.497 e. The molecule has 0 radical (unpaired) electrons. The smallest absolute Gasteiger partial charge is 0.119 e. The van der Waals surface area contributed by atoms with E-state index >= 15 is 0 Å². The molecular weight excluding hydrogens is 278 g/mol. The normalized spacial score (nSPS) is 13.7. The number of hydrogen-bond donors (Lipinski definition) is 1. The van der Waals surface area contributed by atoms with Gasteiger partial charge in [-0.2, -0.15) is 0 Å². The summed E-state index contributed by atoms with van der Waals surface area (Å²) in [4.78, 5) is 0. The molecular formula is C18H23NOS. The quantitative estimate of drug-likeness (QED) is 0.862. The number of benzene rings is 2. The van der Waals surface area contributed by atoms with Crippen molar-refractivity contribution in [3.63, 3.8) is 0 Å². The van der Waals surface area contributed by atoms with Gasteiger partial charge >= 0.3 is 0 Å². The lowest BCUT2D eigenvalue weighted by Crippen LogP contribution is -2.22. The first-order valence-electron chi connectivity index (χ1n) is 7.17. The maximum atomic E-state index is 6.20. The second-order valence-electron chi connectivity index (χ2n) is 5.29. The number of hydrogen-bond acceptors (Lipinski definition) is 3. The predicted molar refractivity (Wildman–Crippen MR) is 91.9 cm³/mol. The minimum atomic E-state index is 0.0890. The lowest BCUT2D eigenvalue weighted by Gasteiger charge is -2.22. The van der Waals surface area contributed by atoms with Crippen LogP contribution in [0.3, 0.4) is 0 Å². The van der Waals surface area contributed by atoms with Gasteiger partial charge in [-0.15, -0.1) is 11.8 Å². The van der Waals surface area contributed by atoms with Crippen LogP contribution in [-0.4, -0.2) is 13.2 Å². The van der Waals surface area contributed by atoms with Crippen molar-refractivity contribution in [3.05, 3.63) is 65.2 Å². The van der Waals surface area contributed by atoms with Gasteiger partial charge in [0.2, 0.25) is 0 Å². The fourth-order valence-electron chi connectivity index (χ4n) is 2.32. The second-order valence-corrected chi connectivity index (χ2v) is 6.42. The van der Waals surface area contributed by atoms with E-state index in [2.05, 4.69) is 50.2 Å². The molecule has 112 valence electrons. The summed E-state index contributed by atoms with van der Waals surface area (Å²) >= 11 is 1.89. The summed E-state index contributed by atoms with van der Waals surface area (Å²) in [5.41, 5.74) is 10.1. The molecule has 0 fully saturated rings. The molecule has 2 atom stereocenters. The fourth-order valence-corrected chi connectivity index (χ4v) is 3.65. The Morgan fingerprint density at radius 1 is 1.14 bits per heavy atom. The molecule has 3 heteroatoms. The molecule has 2 N–H and O–H groups in total. The van der Waals surface area contributed by atoms with Crippen molar-refractivity contribution in [1.29, 1.82) is 0 Å². The van der Waals surface area contributed by atoms with Crippen LogP contribution < -0.4 is 10.5 Å². The Kier molecular flexibility index (Phi) is 5.71. The number of rotatable bonds is 6. The third-order valence-electron chi connectivity index (χ3n) is 3.58. The van der Waals surface area contributed by atoms with Crippen LogP contribution in [0, 0.1) is 6.92 Å². The summed E-state index contributed by atoms with van der Waals surface area (Å²) in [6.45, 7) is 4.22. The van der Waals surface area contributed by atoms with Crippen molar-refractivity contribution >= 4 is 11.8 Å². The van der Waals surface area contributed by atoms with Crippen LogP contribution in [-0.2, 0) is 5.75 Å². The molecule has 0 aromatic heterocycles. The van der Waals surface area contributed by atoms with Gasteiger partial charge in [0, 0.05) is 17.0 Å². The molecule has 2 unspecified atom stereocenters. The van der Waals surface area contributed by atoms with Crippen molar-refractivity contribution in [2.75, 3.05) is 7.11 Å². The molecule has 21 heavy (non-hydrogen) atoms. The predicted octanol–water partition coefficient (Wildman–Crippen LogP) is 4.33. The summed E-state index contributed by atoms with van der Waals surface area (Å²) in [5, 5.41) is 0.264. The molecule has 0 heterocycles. The van der Waals surface area contributed by atoms with E-state index in [0.29, 0.717) is 0 Å². The highest BCUT2D eigenvalue weighted by molar-refractivity contribution is 7.98. The first kappa shape index (κ1) is 15.9. The van der Waals surface area contributed by atoms with Crippen molar-refractivity contribution < 1.29 is 4.74 Å². The SMILES string of the molecule is COc1cccc(C(SCc2ccccc2C)C(C)N)c1. The van der Waals surface area contributed by atoms with E-state index in [9.17, 15) is 0 Å². The summed E-state index contributed by atoms with van der Waals surface area (Å²) in [6.07, 6.45) is 0. The van der Waals surface area contributed by atoms with E-state index < -0.39 is 0 Å². The maximum absolute atomic E-state index is 6.20. The first-order valence-corrected chi connectivity index (χ1v) is 8.22. The van der Waals surface area contributed by atoms with Gasteiger partial charge < -0.3 is 10.5 Å². The molecule has 0 spiro atoms. The first-order chi connectivity index (χ1) is 10.1. The summed E-state index contributed by atoms with van der Waals surface area (Å²) in [6, 6.07) is 16.8. The van der Waals surface area contributed by atoms with Crippen LogP contribution in [0.25, 0.3) is 0 Å². The second kappa shape index (κ2) is 7.53. The van der Waals surface area contributed by atoms with Crippen LogP contribution in [0.2, 0.25) is 0 Å². The third-order valence-corrected chi connectivity index (χ3v) is 5.12. The molecule has 0 aliphatic heterocycles. The van der Waals surface area contributed by atoms with Crippen molar-refractivity contribution in [2.45, 2.75) is 30.9 Å². The van der Waals surface area contributed by atoms with E-state index in [1.54, 1.807) is 7.11 Å². The molecule has 0 amide bonds. The average molecular weight is 301 g/mol. The van der Waals surface area contributed by atoms with Gasteiger partial charge in [-0.1, -0.05) is 36.4 Å². The van der Waals surface area contributed by atoms with Crippen molar-refractivity contribution in [1.82, 2.24) is 0 Å². The van der Waals surface area contributed by atoms with E-state index in [4.69, 9.17) is 10.5 Å². The summed E-state index contributed by atoms with van der Waals surface area (Å²) < 4.78 is 5.32. The molecule has 2 rings (SSSR count). The van der Waals surface area contributed by atoms with Crippen molar-refractivity contribution in [2.24, 2.45) is 5.73 Å². The zero-order valence-corrected chi connectivity index (χ0v) is 13.7.